The Labute approximate surface area is 155 Å². The van der Waals surface area contributed by atoms with E-state index in [0.29, 0.717) is 12.3 Å². The number of anilines is 1. The van der Waals surface area contributed by atoms with Gasteiger partial charge in [-0.15, -0.1) is 0 Å². The number of benzene rings is 2. The molecule has 3 nitrogen and oxygen atoms in total. The van der Waals surface area contributed by atoms with Gasteiger partial charge < -0.3 is 9.80 Å². The Kier molecular flexibility index (Phi) is 5.60. The molecule has 0 spiro atoms. The number of aryl methyl sites for hydroxylation is 1. The second-order valence-electron chi connectivity index (χ2n) is 7.34. The van der Waals surface area contributed by atoms with Gasteiger partial charge in [-0.2, -0.15) is 0 Å². The van der Waals surface area contributed by atoms with E-state index in [-0.39, 0.29) is 11.7 Å². The first-order valence-electron chi connectivity index (χ1n) is 9.32. The van der Waals surface area contributed by atoms with Gasteiger partial charge in [0.05, 0.1) is 6.42 Å². The summed E-state index contributed by atoms with van der Waals surface area (Å²) in [7, 11) is 0. The molecule has 3 rings (SSSR count). The monoisotopic (exact) mass is 354 g/mol. The smallest absolute Gasteiger partial charge is 0.227 e. The highest BCUT2D eigenvalue weighted by Crippen LogP contribution is 2.31. The fourth-order valence-electron chi connectivity index (χ4n) is 3.65. The highest BCUT2D eigenvalue weighted by Gasteiger charge is 2.24. The molecule has 0 N–H and O–H groups in total. The number of rotatable bonds is 4. The molecule has 1 aliphatic rings. The molecule has 0 saturated carbocycles. The molecule has 1 saturated heterocycles. The molecule has 0 aliphatic carbocycles. The summed E-state index contributed by atoms with van der Waals surface area (Å²) >= 11 is 0. The lowest BCUT2D eigenvalue weighted by Gasteiger charge is -2.38. The molecule has 0 radical (unpaired) electrons. The average Bonchev–Trinajstić information content (AvgIpc) is 2.63. The van der Waals surface area contributed by atoms with Crippen LogP contribution in [-0.4, -0.2) is 37.0 Å². The number of carbonyl (C=O) groups excluding carboxylic acids is 1. The van der Waals surface area contributed by atoms with Crippen molar-refractivity contribution < 1.29 is 9.18 Å². The number of hydrogen-bond acceptors (Lipinski definition) is 2. The summed E-state index contributed by atoms with van der Waals surface area (Å²) < 4.78 is 13.0. The van der Waals surface area contributed by atoms with Gasteiger partial charge in [-0.05, 0) is 41.7 Å². The van der Waals surface area contributed by atoms with Gasteiger partial charge >= 0.3 is 0 Å². The first-order chi connectivity index (χ1) is 12.5. The quantitative estimate of drug-likeness (QED) is 0.823. The number of carbonyl (C=O) groups is 1. The number of hydrogen-bond donors (Lipinski definition) is 0. The van der Waals surface area contributed by atoms with E-state index >= 15 is 0 Å². The third-order valence-electron chi connectivity index (χ3n) is 5.11. The number of halogens is 1. The van der Waals surface area contributed by atoms with E-state index in [2.05, 4.69) is 43.9 Å². The van der Waals surface area contributed by atoms with Crippen LogP contribution in [0.25, 0.3) is 0 Å². The summed E-state index contributed by atoms with van der Waals surface area (Å²) in [5.41, 5.74) is 4.85. The zero-order chi connectivity index (χ0) is 18.7. The molecular weight excluding hydrogens is 327 g/mol. The molecule has 0 atom stereocenters. The van der Waals surface area contributed by atoms with E-state index in [1.807, 2.05) is 4.90 Å². The molecule has 4 heteroatoms. The molecule has 0 unspecified atom stereocenters. The maximum atomic E-state index is 13.0. The number of nitrogens with zero attached hydrogens (tertiary/aromatic N) is 2. The summed E-state index contributed by atoms with van der Waals surface area (Å²) in [5, 5.41) is 0. The number of amides is 1. The van der Waals surface area contributed by atoms with E-state index in [1.165, 1.54) is 28.9 Å². The molecule has 1 aliphatic heterocycles. The Bertz CT molecular complexity index is 762. The standard InChI is InChI=1S/C22H27FN2O/c1-16(2)20-6-4-5-17(3)22(20)25-13-11-24(12-14-25)21(26)15-18-7-9-19(23)10-8-18/h4-10,16H,11-15H2,1-3H3. The normalized spacial score (nSPS) is 14.8. The summed E-state index contributed by atoms with van der Waals surface area (Å²) in [6.45, 7) is 9.76. The maximum Gasteiger partial charge on any atom is 0.227 e. The van der Waals surface area contributed by atoms with Crippen molar-refractivity contribution in [3.8, 4) is 0 Å². The predicted molar refractivity (Wildman–Crippen MR) is 104 cm³/mol. The van der Waals surface area contributed by atoms with Gasteiger partial charge in [-0.25, -0.2) is 4.39 Å². The second kappa shape index (κ2) is 7.90. The van der Waals surface area contributed by atoms with E-state index in [9.17, 15) is 9.18 Å². The molecule has 2 aromatic rings. The zero-order valence-corrected chi connectivity index (χ0v) is 15.8. The minimum absolute atomic E-state index is 0.116. The molecular formula is C22H27FN2O. The van der Waals surface area contributed by atoms with Crippen LogP contribution in [0.5, 0.6) is 0 Å². The Morgan fingerprint density at radius 1 is 1.04 bits per heavy atom. The second-order valence-corrected chi connectivity index (χ2v) is 7.34. The van der Waals surface area contributed by atoms with Crippen molar-refractivity contribution in [2.75, 3.05) is 31.1 Å². The van der Waals surface area contributed by atoms with Crippen LogP contribution in [0.15, 0.2) is 42.5 Å². The highest BCUT2D eigenvalue weighted by atomic mass is 19.1. The van der Waals surface area contributed by atoms with Crippen LogP contribution in [0, 0.1) is 12.7 Å². The summed E-state index contributed by atoms with van der Waals surface area (Å²) in [5.74, 6) is 0.321. The third-order valence-corrected chi connectivity index (χ3v) is 5.11. The van der Waals surface area contributed by atoms with Gasteiger partial charge in [-0.3, -0.25) is 4.79 Å². The van der Waals surface area contributed by atoms with Crippen LogP contribution in [0.2, 0.25) is 0 Å². The largest absolute Gasteiger partial charge is 0.368 e. The van der Waals surface area contributed by atoms with Crippen molar-refractivity contribution in [3.05, 3.63) is 65.0 Å². The Hall–Kier alpha value is -2.36. The first-order valence-corrected chi connectivity index (χ1v) is 9.32. The van der Waals surface area contributed by atoms with Crippen LogP contribution >= 0.6 is 0 Å². The van der Waals surface area contributed by atoms with Gasteiger partial charge in [0.2, 0.25) is 5.91 Å². The molecule has 1 heterocycles. The molecule has 0 bridgehead atoms. The zero-order valence-electron chi connectivity index (χ0n) is 15.8. The van der Waals surface area contributed by atoms with Crippen molar-refractivity contribution in [2.24, 2.45) is 0 Å². The lowest BCUT2D eigenvalue weighted by atomic mass is 9.97. The fraction of sp³-hybridized carbons (Fsp3) is 0.409. The van der Waals surface area contributed by atoms with Gasteiger partial charge in [0, 0.05) is 31.9 Å². The van der Waals surface area contributed by atoms with E-state index in [1.54, 1.807) is 12.1 Å². The van der Waals surface area contributed by atoms with Crippen LogP contribution in [0.3, 0.4) is 0 Å². The maximum absolute atomic E-state index is 13.0. The minimum atomic E-state index is -0.269. The Morgan fingerprint density at radius 3 is 2.31 bits per heavy atom. The van der Waals surface area contributed by atoms with Gasteiger partial charge in [0.1, 0.15) is 5.82 Å². The topological polar surface area (TPSA) is 23.6 Å². The van der Waals surface area contributed by atoms with Crippen LogP contribution in [-0.2, 0) is 11.2 Å². The fourth-order valence-corrected chi connectivity index (χ4v) is 3.65. The lowest BCUT2D eigenvalue weighted by molar-refractivity contribution is -0.130. The van der Waals surface area contributed by atoms with Crippen molar-refractivity contribution in [3.63, 3.8) is 0 Å². The average molecular weight is 354 g/mol. The van der Waals surface area contributed by atoms with Gasteiger partial charge in [0.25, 0.3) is 0 Å². The van der Waals surface area contributed by atoms with Crippen LogP contribution in [0.1, 0.15) is 36.5 Å². The van der Waals surface area contributed by atoms with Crippen molar-refractivity contribution in [1.82, 2.24) is 4.90 Å². The van der Waals surface area contributed by atoms with Crippen LogP contribution < -0.4 is 4.90 Å². The van der Waals surface area contributed by atoms with Crippen molar-refractivity contribution in [2.45, 2.75) is 33.1 Å². The van der Waals surface area contributed by atoms with Crippen molar-refractivity contribution >= 4 is 11.6 Å². The van der Waals surface area contributed by atoms with Crippen LogP contribution in [0.4, 0.5) is 10.1 Å². The molecule has 0 aromatic heterocycles. The summed E-state index contributed by atoms with van der Waals surface area (Å²) in [4.78, 5) is 16.9. The summed E-state index contributed by atoms with van der Waals surface area (Å²) in [6.07, 6.45) is 0.335. The van der Waals surface area contributed by atoms with E-state index in [0.717, 1.165) is 31.7 Å². The lowest BCUT2D eigenvalue weighted by Crippen LogP contribution is -2.49. The van der Waals surface area contributed by atoms with E-state index in [4.69, 9.17) is 0 Å². The third kappa shape index (κ3) is 4.06. The number of para-hydroxylation sites is 1. The summed E-state index contributed by atoms with van der Waals surface area (Å²) in [6, 6.07) is 12.7. The molecule has 1 fully saturated rings. The van der Waals surface area contributed by atoms with E-state index < -0.39 is 0 Å². The van der Waals surface area contributed by atoms with Gasteiger partial charge in [0.15, 0.2) is 0 Å². The molecule has 2 aromatic carbocycles. The molecule has 1 amide bonds. The highest BCUT2D eigenvalue weighted by molar-refractivity contribution is 5.79. The molecule has 138 valence electrons. The SMILES string of the molecule is Cc1cccc(C(C)C)c1N1CCN(C(=O)Cc2ccc(F)cc2)CC1. The first kappa shape index (κ1) is 18.4. The molecule has 26 heavy (non-hydrogen) atoms. The minimum Gasteiger partial charge on any atom is -0.368 e. The Morgan fingerprint density at radius 2 is 1.69 bits per heavy atom. The van der Waals surface area contributed by atoms with Crippen molar-refractivity contribution in [1.29, 1.82) is 0 Å². The van der Waals surface area contributed by atoms with Gasteiger partial charge in [-0.1, -0.05) is 44.2 Å². The Balaban J connectivity index is 1.64. The predicted octanol–water partition coefficient (Wildman–Crippen LogP) is 4.15. The number of piperazine rings is 1.